The second-order valence-electron chi connectivity index (χ2n) is 19.4. The Balaban J connectivity index is 0.000000341. The van der Waals surface area contributed by atoms with Gasteiger partial charge < -0.3 is 35.3 Å². The molecule has 0 bridgehead atoms. The van der Waals surface area contributed by atoms with Crippen LogP contribution in [0.1, 0.15) is 5.69 Å². The van der Waals surface area contributed by atoms with Gasteiger partial charge in [-0.3, -0.25) is 9.80 Å². The Kier molecular flexibility index (Phi) is 30.5. The number of aromatic nitrogens is 2. The highest BCUT2D eigenvalue weighted by atomic mass is 79.9. The number of carbonyl (C=O) groups is 2. The van der Waals surface area contributed by atoms with E-state index in [-0.39, 0.29) is 12.1 Å². The number of ether oxygens (including phenoxy) is 2. The lowest BCUT2D eigenvalue weighted by molar-refractivity contribution is 0.248. The summed E-state index contributed by atoms with van der Waals surface area (Å²) in [5, 5.41) is 8.43. The Morgan fingerprint density at radius 3 is 1.40 bits per heavy atom. The largest absolute Gasteiger partial charge is 0.490 e. The number of hydrogen-bond acceptors (Lipinski definition) is 7. The molecule has 0 atom stereocenters. The molecule has 0 saturated heterocycles. The number of nitrogens with zero attached hydrogens (tertiary/aromatic N) is 4. The van der Waals surface area contributed by atoms with E-state index in [0.29, 0.717) is 19.8 Å². The lowest BCUT2D eigenvalue weighted by Gasteiger charge is -2.54. The lowest BCUT2D eigenvalue weighted by atomic mass is 8.28. The summed E-state index contributed by atoms with van der Waals surface area (Å²) in [6.07, 6.45) is -18.0. The number of aromatic amines is 1. The van der Waals surface area contributed by atoms with Gasteiger partial charge >= 0.3 is 12.1 Å². The fraction of sp³-hybridized carbons (Fsp3) is 0.346. The molecule has 4 N–H and O–H groups in total. The minimum absolute atomic E-state index is 0.142. The number of halogens is 1. The van der Waals surface area contributed by atoms with E-state index in [4.69, 9.17) is 164 Å². The molecule has 52 heteroatoms. The Hall–Kier alpha value is -1.60. The van der Waals surface area contributed by atoms with Crippen molar-refractivity contribution in [1.82, 2.24) is 20.6 Å². The average Bonchev–Trinajstić information content (AvgIpc) is 3.78. The summed E-state index contributed by atoms with van der Waals surface area (Å²) in [6, 6.07) is 11.1. The van der Waals surface area contributed by atoms with E-state index in [2.05, 4.69) is 46.7 Å². The highest BCUT2D eigenvalue weighted by molar-refractivity contribution is 9.10. The number of H-pyrrole nitrogens is 1. The molecule has 0 fully saturated rings. The van der Waals surface area contributed by atoms with Gasteiger partial charge in [-0.15, -0.1) is 0 Å². The van der Waals surface area contributed by atoms with Crippen LogP contribution in [0.2, 0.25) is 0 Å². The van der Waals surface area contributed by atoms with Crippen molar-refractivity contribution in [3.63, 3.8) is 0 Å². The number of imidazole rings is 1. The molecule has 2 aliphatic heterocycles. The minimum atomic E-state index is -1.19. The summed E-state index contributed by atoms with van der Waals surface area (Å²) in [7, 11) is 132. The van der Waals surface area contributed by atoms with Gasteiger partial charge in [0.1, 0.15) is 29.3 Å². The fourth-order valence-corrected chi connectivity index (χ4v) is 10.8. The lowest BCUT2D eigenvalue weighted by Crippen LogP contribution is -2.92. The van der Waals surface area contributed by atoms with E-state index in [1.807, 2.05) is 36.4 Å². The molecular weight excluding hydrogens is 990 g/mol. The molecular formula is C26H33B39BrN8O4. The van der Waals surface area contributed by atoms with Gasteiger partial charge in [0.15, 0.2) is 0 Å². The molecule has 4 amide bonds. The van der Waals surface area contributed by atoms with E-state index in [1.54, 1.807) is 44.3 Å². The van der Waals surface area contributed by atoms with E-state index >= 15 is 0 Å². The first kappa shape index (κ1) is 70.7. The molecule has 3 aromatic rings. The normalized spacial score (nSPS) is 11.4. The zero-order chi connectivity index (χ0) is 59.0. The number of amides is 4. The number of benzene rings is 2. The van der Waals surface area contributed by atoms with Crippen LogP contribution in [0.15, 0.2) is 47.3 Å². The van der Waals surface area contributed by atoms with Crippen molar-refractivity contribution in [1.29, 1.82) is 0 Å². The van der Waals surface area contributed by atoms with Gasteiger partial charge in [0.05, 0.1) is 36.5 Å². The van der Waals surface area contributed by atoms with Gasteiger partial charge in [0.2, 0.25) is 0 Å². The van der Waals surface area contributed by atoms with Crippen LogP contribution in [0.5, 0.6) is 11.5 Å². The predicted octanol–water partition coefficient (Wildman–Crippen LogP) is -11.2. The van der Waals surface area contributed by atoms with Crippen molar-refractivity contribution in [3.8, 4) is 11.5 Å². The molecule has 0 saturated carbocycles. The summed E-state index contributed by atoms with van der Waals surface area (Å²) >= 11 is 3.44. The third kappa shape index (κ3) is 19.0. The van der Waals surface area contributed by atoms with Crippen LogP contribution in [0.25, 0.3) is 0 Å². The van der Waals surface area contributed by atoms with E-state index < -0.39 is 115 Å². The Bertz CT molecular complexity index is 2190. The summed E-state index contributed by atoms with van der Waals surface area (Å²) in [5.41, 5.74) is 4.53. The maximum atomic E-state index is 11.8. The van der Waals surface area contributed by atoms with E-state index in [9.17, 15) is 9.59 Å². The van der Waals surface area contributed by atoms with Crippen LogP contribution in [0.3, 0.4) is 0 Å². The molecule has 41 radical (unpaired) electrons. The number of fused-ring (bicyclic) bond motifs is 2. The SMILES string of the molecule is CNC(=O)N(C)c1ccc2c(c1)N(Cc1[nH]cnc1Br)CCO2.CNC(=O)N(C)c1ccc2c(c1)NCCO2.[B][B]B([B])B(B([B])[B])B(B(B(B([B])[B])B([B])[B])B(B([B])[B])B([B])[B])B(B(B([B])[B])B([B])[B])B(B([B])[B])B([B])[B]. The topological polar surface area (TPSA) is 127 Å². The number of rotatable bonds is 22. The molecule has 3 heterocycles. The summed E-state index contributed by atoms with van der Waals surface area (Å²) in [5.74, 6) is 1.65. The third-order valence-electron chi connectivity index (χ3n) is 14.1. The second kappa shape index (κ2) is 33.6. The molecule has 78 heavy (non-hydrogen) atoms. The van der Waals surface area contributed by atoms with Crippen LogP contribution in [0.4, 0.5) is 32.3 Å². The quantitative estimate of drug-likeness (QED) is 0.0738. The number of carbonyl (C=O) groups excluding carboxylic acids is 2. The first-order valence-electron chi connectivity index (χ1n) is 25.1. The first-order valence-corrected chi connectivity index (χ1v) is 25.9. The van der Waals surface area contributed by atoms with Crippen molar-refractivity contribution < 1.29 is 19.1 Å². The fourth-order valence-electron chi connectivity index (χ4n) is 10.4. The van der Waals surface area contributed by atoms with Gasteiger partial charge in [-0.25, -0.2) is 14.6 Å². The zero-order valence-corrected chi connectivity index (χ0v) is 46.5. The number of anilines is 4. The molecule has 0 aliphatic carbocycles. The van der Waals surface area contributed by atoms with Gasteiger partial charge in [-0.1, -0.05) is 0 Å². The highest BCUT2D eigenvalue weighted by Gasteiger charge is 2.56. The molecule has 325 valence electrons. The van der Waals surface area contributed by atoms with Crippen LogP contribution in [0, 0.1) is 0 Å². The maximum absolute atomic E-state index is 11.8. The van der Waals surface area contributed by atoms with Gasteiger partial charge in [0.25, 0.3) is 0 Å². The summed E-state index contributed by atoms with van der Waals surface area (Å²) < 4.78 is 12.0. The van der Waals surface area contributed by atoms with Gasteiger partial charge in [-0.2, -0.15) is 0 Å². The monoisotopic (exact) mass is 1030 g/mol. The second-order valence-corrected chi connectivity index (χ2v) is 20.1. The van der Waals surface area contributed by atoms with E-state index in [1.165, 1.54) is 7.06 Å². The van der Waals surface area contributed by atoms with Crippen LogP contribution >= 0.6 is 15.9 Å². The summed E-state index contributed by atoms with van der Waals surface area (Å²) in [4.78, 5) is 35.9. The number of nitrogens with one attached hydrogen (secondary N) is 4. The van der Waals surface area contributed by atoms with Crippen LogP contribution < -0.4 is 40.1 Å². The highest BCUT2D eigenvalue weighted by Crippen LogP contribution is 2.36. The molecule has 12 nitrogen and oxygen atoms in total. The standard InChI is InChI=1S/C15H18BrN5O2.C11H15N3O2.B39/c1-17-15(22)20(2)10-3-4-13-12(7-10)21(5-6-23-13)8-11-14(16)19-9-18-11;1-12-11(15)14(2)8-3-4-10-9(7-8)13-5-6-16-10;1-21-31(20)36(30(18)19)39(37(32(22(2)3)23(4)5)33(24(6)7)25(8)9)38(34(26(10)11)27(12)13)35(28(14)15)29(16)17/h3-4,7,9H,5-6,8H2,1-2H3,(H,17,22)(H,18,19);3-4,7,13H,5-6H2,1-2H3,(H,12,15);. The maximum Gasteiger partial charge on any atom is 0.321 e. The van der Waals surface area contributed by atoms with Crippen molar-refractivity contribution in [3.05, 3.63) is 53.0 Å². The predicted molar refractivity (Wildman–Crippen MR) is 380 cm³/mol. The minimum Gasteiger partial charge on any atom is -0.490 e. The molecule has 2 aliphatic rings. The van der Waals surface area contributed by atoms with E-state index in [0.717, 1.165) is 57.6 Å². The average molecular weight is 1020 g/mol. The number of hydrogen-bond donors (Lipinski definition) is 4. The van der Waals surface area contributed by atoms with Crippen molar-refractivity contribution in [2.24, 2.45) is 0 Å². The Labute approximate surface area is 509 Å². The van der Waals surface area contributed by atoms with Crippen molar-refractivity contribution in [2.45, 2.75) is 6.54 Å². The summed E-state index contributed by atoms with van der Waals surface area (Å²) in [6.45, 7) is 3.55. The molecule has 0 unspecified atom stereocenters. The molecule has 2 aromatic carbocycles. The third-order valence-corrected chi connectivity index (χ3v) is 14.8. The number of urea groups is 2. The molecule has 5 rings (SSSR count). The van der Waals surface area contributed by atoms with Crippen molar-refractivity contribution in [2.75, 3.05) is 74.5 Å². The first-order chi connectivity index (χ1) is 36.6. The smallest absolute Gasteiger partial charge is 0.321 e. The zero-order valence-electron chi connectivity index (χ0n) is 44.9. The Morgan fingerprint density at radius 2 is 1.01 bits per heavy atom. The van der Waals surface area contributed by atoms with Gasteiger partial charge in [0, 0.05) is 323 Å². The molecule has 0 spiro atoms. The Morgan fingerprint density at radius 1 is 0.615 bits per heavy atom. The van der Waals surface area contributed by atoms with Crippen LogP contribution in [-0.2, 0) is 6.54 Å². The molecule has 1 aromatic heterocycles. The van der Waals surface area contributed by atoms with Gasteiger partial charge in [-0.05, 0) is 52.3 Å². The van der Waals surface area contributed by atoms with Crippen molar-refractivity contribution >= 4 is 327 Å². The van der Waals surface area contributed by atoms with Crippen LogP contribution in [-0.4, -0.2) is 353 Å².